The van der Waals surface area contributed by atoms with E-state index in [4.69, 9.17) is 21.1 Å². The van der Waals surface area contributed by atoms with E-state index in [9.17, 15) is 4.79 Å². The van der Waals surface area contributed by atoms with Gasteiger partial charge in [0.05, 0.1) is 19.2 Å². The van der Waals surface area contributed by atoms with E-state index >= 15 is 0 Å². The van der Waals surface area contributed by atoms with E-state index in [1.54, 1.807) is 19.2 Å². The van der Waals surface area contributed by atoms with Gasteiger partial charge in [-0.1, -0.05) is 37.3 Å². The monoisotopic (exact) mass is 394 g/mol. The molecule has 2 aliphatic rings. The lowest BCUT2D eigenvalue weighted by Crippen LogP contribution is -2.58. The predicted molar refractivity (Wildman–Crippen MR) is 108 cm³/mol. The summed E-state index contributed by atoms with van der Waals surface area (Å²) in [6, 6.07) is 3.33. The molecule has 1 aliphatic carbocycles. The fourth-order valence-corrected chi connectivity index (χ4v) is 4.87. The van der Waals surface area contributed by atoms with Crippen LogP contribution < -0.4 is 14.8 Å². The van der Waals surface area contributed by atoms with Crippen molar-refractivity contribution < 1.29 is 14.3 Å². The van der Waals surface area contributed by atoms with Gasteiger partial charge in [0.2, 0.25) is 0 Å². The van der Waals surface area contributed by atoms with Gasteiger partial charge in [-0.25, -0.2) is 0 Å². The molecule has 0 atom stereocenters. The molecular formula is C21H31ClN2O3. The van der Waals surface area contributed by atoms with Crippen LogP contribution >= 0.6 is 11.6 Å². The molecule has 0 aromatic heterocycles. The lowest BCUT2D eigenvalue weighted by Gasteiger charge is -2.48. The van der Waals surface area contributed by atoms with Crippen LogP contribution in [0.1, 0.15) is 61.7 Å². The standard InChI is InChI=1S/C21H31ClN2O3/c1-26-18-14-16(13-17(22)19(18)27-2)20(25)23-15-21(9-5-3-6-10-21)24-11-7-4-8-12-24/h13-14H,3-12,15H2,1-2H3,(H,23,25). The van der Waals surface area contributed by atoms with E-state index in [1.807, 2.05) is 0 Å². The summed E-state index contributed by atoms with van der Waals surface area (Å²) >= 11 is 6.26. The Labute approximate surface area is 167 Å². The third-order valence-electron chi connectivity index (χ3n) is 6.08. The molecule has 1 saturated heterocycles. The Bertz CT molecular complexity index is 653. The zero-order valence-corrected chi connectivity index (χ0v) is 17.2. The minimum atomic E-state index is -0.111. The topological polar surface area (TPSA) is 50.8 Å². The second-order valence-corrected chi connectivity index (χ2v) is 8.12. The summed E-state index contributed by atoms with van der Waals surface area (Å²) in [5, 5.41) is 3.57. The average molecular weight is 395 g/mol. The van der Waals surface area contributed by atoms with E-state index in [0.29, 0.717) is 28.6 Å². The number of ether oxygens (including phenoxy) is 2. The largest absolute Gasteiger partial charge is 0.493 e. The molecule has 27 heavy (non-hydrogen) atoms. The van der Waals surface area contributed by atoms with Gasteiger partial charge in [0.25, 0.3) is 5.91 Å². The number of carbonyl (C=O) groups excluding carboxylic acids is 1. The Morgan fingerprint density at radius 2 is 1.74 bits per heavy atom. The number of hydrogen-bond acceptors (Lipinski definition) is 4. The van der Waals surface area contributed by atoms with Crippen LogP contribution in [0.3, 0.4) is 0 Å². The van der Waals surface area contributed by atoms with Crippen LogP contribution in [0.15, 0.2) is 12.1 Å². The van der Waals surface area contributed by atoms with Crippen LogP contribution in [0, 0.1) is 0 Å². The number of rotatable bonds is 6. The number of amides is 1. The molecule has 3 rings (SSSR count). The fourth-order valence-electron chi connectivity index (χ4n) is 4.58. The van der Waals surface area contributed by atoms with Gasteiger partial charge in [-0.15, -0.1) is 0 Å². The summed E-state index contributed by atoms with van der Waals surface area (Å²) in [5.74, 6) is 0.811. The van der Waals surface area contributed by atoms with Gasteiger partial charge in [0.1, 0.15) is 0 Å². The molecule has 1 heterocycles. The Kier molecular flexibility index (Phi) is 6.88. The quantitative estimate of drug-likeness (QED) is 0.782. The molecule has 0 radical (unpaired) electrons. The molecule has 1 saturated carbocycles. The van der Waals surface area contributed by atoms with Gasteiger partial charge < -0.3 is 14.8 Å². The Hall–Kier alpha value is -1.46. The number of nitrogens with zero attached hydrogens (tertiary/aromatic N) is 1. The first-order valence-electron chi connectivity index (χ1n) is 10.0. The molecule has 1 aliphatic heterocycles. The number of halogens is 1. The van der Waals surface area contributed by atoms with E-state index in [1.165, 1.54) is 58.5 Å². The van der Waals surface area contributed by atoms with Crippen molar-refractivity contribution in [2.75, 3.05) is 33.9 Å². The predicted octanol–water partition coefficient (Wildman–Crippen LogP) is 4.28. The van der Waals surface area contributed by atoms with Gasteiger partial charge in [-0.3, -0.25) is 9.69 Å². The van der Waals surface area contributed by atoms with Crippen molar-refractivity contribution >= 4 is 17.5 Å². The molecule has 150 valence electrons. The number of carbonyl (C=O) groups is 1. The van der Waals surface area contributed by atoms with Crippen LogP contribution in [0.25, 0.3) is 0 Å². The molecule has 0 spiro atoms. The zero-order chi connectivity index (χ0) is 19.3. The number of piperidine rings is 1. The van der Waals surface area contributed by atoms with Gasteiger partial charge in [0, 0.05) is 17.6 Å². The van der Waals surface area contributed by atoms with Gasteiger partial charge >= 0.3 is 0 Å². The Morgan fingerprint density at radius 3 is 2.37 bits per heavy atom. The zero-order valence-electron chi connectivity index (χ0n) is 16.5. The molecule has 0 bridgehead atoms. The summed E-state index contributed by atoms with van der Waals surface area (Å²) in [6.07, 6.45) is 9.98. The summed E-state index contributed by atoms with van der Waals surface area (Å²) in [6.45, 7) is 2.99. The van der Waals surface area contributed by atoms with Crippen LogP contribution in [-0.2, 0) is 0 Å². The maximum Gasteiger partial charge on any atom is 0.251 e. The van der Waals surface area contributed by atoms with E-state index < -0.39 is 0 Å². The molecule has 2 fully saturated rings. The lowest BCUT2D eigenvalue weighted by atomic mass is 9.79. The highest BCUT2D eigenvalue weighted by Crippen LogP contribution is 2.37. The van der Waals surface area contributed by atoms with Gasteiger partial charge in [-0.05, 0) is 50.9 Å². The fraction of sp³-hybridized carbons (Fsp3) is 0.667. The molecule has 6 heteroatoms. The second kappa shape index (κ2) is 9.16. The lowest BCUT2D eigenvalue weighted by molar-refractivity contribution is 0.0326. The van der Waals surface area contributed by atoms with Crippen molar-refractivity contribution in [1.29, 1.82) is 0 Å². The van der Waals surface area contributed by atoms with Crippen LogP contribution in [0.4, 0.5) is 0 Å². The molecule has 1 amide bonds. The first kappa shape index (κ1) is 20.3. The average Bonchev–Trinajstić information content (AvgIpc) is 2.72. The molecule has 0 unspecified atom stereocenters. The number of nitrogens with one attached hydrogen (secondary N) is 1. The first-order valence-corrected chi connectivity index (χ1v) is 10.4. The highest BCUT2D eigenvalue weighted by Gasteiger charge is 2.38. The Balaban J connectivity index is 1.73. The summed E-state index contributed by atoms with van der Waals surface area (Å²) in [5.41, 5.74) is 0.608. The number of benzene rings is 1. The molecule has 5 nitrogen and oxygen atoms in total. The highest BCUT2D eigenvalue weighted by molar-refractivity contribution is 6.32. The normalized spacial score (nSPS) is 20.1. The van der Waals surface area contributed by atoms with Crippen molar-refractivity contribution in [1.82, 2.24) is 10.2 Å². The minimum absolute atomic E-state index is 0.106. The molecule has 1 aromatic carbocycles. The van der Waals surface area contributed by atoms with Crippen molar-refractivity contribution in [3.63, 3.8) is 0 Å². The van der Waals surface area contributed by atoms with E-state index in [-0.39, 0.29) is 11.4 Å². The SMILES string of the molecule is COc1cc(C(=O)NCC2(N3CCCCC3)CCCCC2)cc(Cl)c1OC. The summed E-state index contributed by atoms with van der Waals surface area (Å²) < 4.78 is 10.6. The second-order valence-electron chi connectivity index (χ2n) is 7.71. The maximum atomic E-state index is 12.8. The first-order chi connectivity index (χ1) is 13.1. The number of methoxy groups -OCH3 is 2. The van der Waals surface area contributed by atoms with E-state index in [2.05, 4.69) is 10.2 Å². The van der Waals surface area contributed by atoms with Gasteiger partial charge in [-0.2, -0.15) is 0 Å². The number of likely N-dealkylation sites (tertiary alicyclic amines) is 1. The van der Waals surface area contributed by atoms with Crippen molar-refractivity contribution in [3.8, 4) is 11.5 Å². The third-order valence-corrected chi connectivity index (χ3v) is 6.37. The molecular weight excluding hydrogens is 364 g/mol. The van der Waals surface area contributed by atoms with Gasteiger partial charge in [0.15, 0.2) is 11.5 Å². The van der Waals surface area contributed by atoms with Crippen LogP contribution in [0.5, 0.6) is 11.5 Å². The van der Waals surface area contributed by atoms with Crippen LogP contribution in [0.2, 0.25) is 5.02 Å². The molecule has 1 aromatic rings. The Morgan fingerprint density at radius 1 is 1.07 bits per heavy atom. The third kappa shape index (κ3) is 4.52. The van der Waals surface area contributed by atoms with Crippen molar-refractivity contribution in [2.45, 2.75) is 56.9 Å². The molecule has 1 N–H and O–H groups in total. The highest BCUT2D eigenvalue weighted by atomic mass is 35.5. The van der Waals surface area contributed by atoms with Crippen molar-refractivity contribution in [2.24, 2.45) is 0 Å². The maximum absolute atomic E-state index is 12.8. The summed E-state index contributed by atoms with van der Waals surface area (Å²) in [7, 11) is 3.08. The van der Waals surface area contributed by atoms with Crippen LogP contribution in [-0.4, -0.2) is 50.2 Å². The van der Waals surface area contributed by atoms with E-state index in [0.717, 1.165) is 13.1 Å². The summed E-state index contributed by atoms with van der Waals surface area (Å²) in [4.78, 5) is 15.5. The minimum Gasteiger partial charge on any atom is -0.493 e. The van der Waals surface area contributed by atoms with Crippen molar-refractivity contribution in [3.05, 3.63) is 22.7 Å². The number of hydrogen-bond donors (Lipinski definition) is 1. The smallest absolute Gasteiger partial charge is 0.251 e.